The Bertz CT molecular complexity index is 903. The minimum absolute atomic E-state index is 0.0790. The summed E-state index contributed by atoms with van der Waals surface area (Å²) in [5, 5.41) is 12.5. The summed E-state index contributed by atoms with van der Waals surface area (Å²) in [7, 11) is 3.02. The smallest absolute Gasteiger partial charge is 0.266 e. The maximum atomic E-state index is 12.5. The van der Waals surface area contributed by atoms with Gasteiger partial charge in [-0.25, -0.2) is 0 Å². The first-order chi connectivity index (χ1) is 13.0. The van der Waals surface area contributed by atoms with Crippen molar-refractivity contribution >= 4 is 29.3 Å². The molecule has 0 atom stereocenters. The molecule has 0 heterocycles. The zero-order valence-corrected chi connectivity index (χ0v) is 16.0. The van der Waals surface area contributed by atoms with Gasteiger partial charge in [-0.05, 0) is 48.9 Å². The highest BCUT2D eigenvalue weighted by Crippen LogP contribution is 2.30. The van der Waals surface area contributed by atoms with Gasteiger partial charge in [-0.1, -0.05) is 17.7 Å². The summed E-state index contributed by atoms with van der Waals surface area (Å²) in [6, 6.07) is 11.9. The molecular weight excluding hydrogens is 368 g/mol. The Morgan fingerprint density at radius 2 is 1.85 bits per heavy atom. The van der Waals surface area contributed by atoms with Crippen LogP contribution in [-0.2, 0) is 4.79 Å². The molecule has 7 heteroatoms. The quantitative estimate of drug-likeness (QED) is 0.566. The van der Waals surface area contributed by atoms with Crippen molar-refractivity contribution in [3.63, 3.8) is 0 Å². The maximum Gasteiger partial charge on any atom is 0.266 e. The van der Waals surface area contributed by atoms with E-state index < -0.39 is 5.91 Å². The molecule has 0 bridgehead atoms. The normalized spacial score (nSPS) is 10.7. The van der Waals surface area contributed by atoms with Crippen molar-refractivity contribution in [1.82, 2.24) is 0 Å². The van der Waals surface area contributed by atoms with E-state index in [2.05, 4.69) is 5.32 Å². The predicted molar refractivity (Wildman–Crippen MR) is 104 cm³/mol. The number of ether oxygens (including phenoxy) is 3. The average molecular weight is 387 g/mol. The molecule has 27 heavy (non-hydrogen) atoms. The van der Waals surface area contributed by atoms with Gasteiger partial charge in [-0.3, -0.25) is 4.79 Å². The van der Waals surface area contributed by atoms with Crippen LogP contribution < -0.4 is 19.5 Å². The van der Waals surface area contributed by atoms with Crippen LogP contribution in [0.4, 0.5) is 5.69 Å². The Labute approximate surface area is 162 Å². The van der Waals surface area contributed by atoms with Crippen molar-refractivity contribution in [2.45, 2.75) is 6.92 Å². The number of methoxy groups -OCH3 is 2. The van der Waals surface area contributed by atoms with Crippen LogP contribution in [0.1, 0.15) is 12.5 Å². The summed E-state index contributed by atoms with van der Waals surface area (Å²) in [5.41, 5.74) is 0.925. The first-order valence-electron chi connectivity index (χ1n) is 8.09. The molecule has 2 rings (SSSR count). The molecule has 0 aliphatic carbocycles. The zero-order chi connectivity index (χ0) is 19.8. The number of carbonyl (C=O) groups is 1. The summed E-state index contributed by atoms with van der Waals surface area (Å²) in [6.45, 7) is 2.32. The van der Waals surface area contributed by atoms with Gasteiger partial charge in [-0.2, -0.15) is 5.26 Å². The van der Waals surface area contributed by atoms with Gasteiger partial charge in [-0.15, -0.1) is 0 Å². The van der Waals surface area contributed by atoms with E-state index >= 15 is 0 Å². The van der Waals surface area contributed by atoms with Crippen molar-refractivity contribution < 1.29 is 19.0 Å². The van der Waals surface area contributed by atoms with E-state index in [-0.39, 0.29) is 5.57 Å². The topological polar surface area (TPSA) is 80.6 Å². The summed E-state index contributed by atoms with van der Waals surface area (Å²) in [4.78, 5) is 12.5. The highest BCUT2D eigenvalue weighted by Gasteiger charge is 2.14. The van der Waals surface area contributed by atoms with Crippen LogP contribution in [0.2, 0.25) is 5.02 Å². The first-order valence-corrected chi connectivity index (χ1v) is 8.47. The molecule has 0 spiro atoms. The fourth-order valence-corrected chi connectivity index (χ4v) is 2.51. The SMILES string of the molecule is CCOc1cc(/C=C(\C#N)C(=O)Nc2cc(Cl)ccc2OC)ccc1OC. The van der Waals surface area contributed by atoms with E-state index in [1.54, 1.807) is 43.5 Å². The van der Waals surface area contributed by atoms with Crippen LogP contribution in [0.3, 0.4) is 0 Å². The third-order valence-corrected chi connectivity index (χ3v) is 3.81. The maximum absolute atomic E-state index is 12.5. The Kier molecular flexibility index (Phi) is 7.09. The van der Waals surface area contributed by atoms with Gasteiger partial charge in [0.05, 0.1) is 26.5 Å². The molecule has 0 radical (unpaired) electrons. The molecule has 0 saturated heterocycles. The standard InChI is InChI=1S/C20H19ClN2O4/c1-4-27-19-10-13(5-7-18(19)26-3)9-14(12-22)20(24)23-16-11-15(21)6-8-17(16)25-2/h5-11H,4H2,1-3H3,(H,23,24)/b14-9+. The van der Waals surface area contributed by atoms with Crippen LogP contribution in [0.5, 0.6) is 17.2 Å². The predicted octanol–water partition coefficient (Wildman–Crippen LogP) is 4.30. The highest BCUT2D eigenvalue weighted by atomic mass is 35.5. The lowest BCUT2D eigenvalue weighted by atomic mass is 10.1. The molecule has 0 aliphatic rings. The number of carbonyl (C=O) groups excluding carboxylic acids is 1. The van der Waals surface area contributed by atoms with Crippen molar-refractivity contribution in [2.24, 2.45) is 0 Å². The molecule has 0 saturated carbocycles. The fraction of sp³-hybridized carbons (Fsp3) is 0.200. The Balaban J connectivity index is 2.31. The number of amides is 1. The zero-order valence-electron chi connectivity index (χ0n) is 15.2. The second-order valence-electron chi connectivity index (χ2n) is 5.31. The van der Waals surface area contributed by atoms with Gasteiger partial charge in [0, 0.05) is 5.02 Å². The van der Waals surface area contributed by atoms with Gasteiger partial charge < -0.3 is 19.5 Å². The van der Waals surface area contributed by atoms with Crippen LogP contribution in [0.25, 0.3) is 6.08 Å². The molecule has 0 fully saturated rings. The Hall–Kier alpha value is -3.17. The third kappa shape index (κ3) is 5.16. The molecule has 1 amide bonds. The van der Waals surface area contributed by atoms with E-state index in [1.807, 2.05) is 13.0 Å². The number of rotatable bonds is 7. The summed E-state index contributed by atoms with van der Waals surface area (Å²) in [6.07, 6.45) is 1.47. The van der Waals surface area contributed by atoms with E-state index in [4.69, 9.17) is 25.8 Å². The van der Waals surface area contributed by atoms with E-state index in [0.717, 1.165) is 0 Å². The molecule has 0 aliphatic heterocycles. The van der Waals surface area contributed by atoms with Gasteiger partial charge in [0.15, 0.2) is 11.5 Å². The number of halogens is 1. The lowest BCUT2D eigenvalue weighted by Crippen LogP contribution is -2.14. The first kappa shape index (κ1) is 20.1. The van der Waals surface area contributed by atoms with E-state index in [0.29, 0.717) is 40.1 Å². The number of hydrogen-bond acceptors (Lipinski definition) is 5. The molecular formula is C20H19ClN2O4. The van der Waals surface area contributed by atoms with E-state index in [1.165, 1.54) is 13.2 Å². The fourth-order valence-electron chi connectivity index (χ4n) is 2.33. The van der Waals surface area contributed by atoms with Crippen molar-refractivity contribution in [2.75, 3.05) is 26.1 Å². The van der Waals surface area contributed by atoms with Crippen LogP contribution in [0, 0.1) is 11.3 Å². The molecule has 2 aromatic rings. The summed E-state index contributed by atoms with van der Waals surface area (Å²) >= 11 is 5.96. The lowest BCUT2D eigenvalue weighted by Gasteiger charge is -2.11. The van der Waals surface area contributed by atoms with Gasteiger partial charge in [0.1, 0.15) is 17.4 Å². The molecule has 6 nitrogen and oxygen atoms in total. The van der Waals surface area contributed by atoms with Gasteiger partial charge in [0.2, 0.25) is 0 Å². The third-order valence-electron chi connectivity index (χ3n) is 3.57. The number of nitrogens with zero attached hydrogens (tertiary/aromatic N) is 1. The van der Waals surface area contributed by atoms with Crippen LogP contribution in [-0.4, -0.2) is 26.7 Å². The van der Waals surface area contributed by atoms with Crippen LogP contribution in [0.15, 0.2) is 42.0 Å². The monoisotopic (exact) mass is 386 g/mol. The summed E-state index contributed by atoms with van der Waals surface area (Å²) < 4.78 is 15.9. The Morgan fingerprint density at radius 1 is 1.15 bits per heavy atom. The van der Waals surface area contributed by atoms with Gasteiger partial charge in [0.25, 0.3) is 5.91 Å². The molecule has 2 aromatic carbocycles. The average Bonchev–Trinajstić information content (AvgIpc) is 2.66. The second-order valence-corrected chi connectivity index (χ2v) is 5.75. The molecule has 0 aromatic heterocycles. The molecule has 140 valence electrons. The van der Waals surface area contributed by atoms with Crippen molar-refractivity contribution in [3.8, 4) is 23.3 Å². The van der Waals surface area contributed by atoms with E-state index in [9.17, 15) is 10.1 Å². The number of nitriles is 1. The number of benzene rings is 2. The van der Waals surface area contributed by atoms with Gasteiger partial charge >= 0.3 is 0 Å². The second kappa shape index (κ2) is 9.51. The molecule has 0 unspecified atom stereocenters. The Morgan fingerprint density at radius 3 is 2.48 bits per heavy atom. The number of anilines is 1. The largest absolute Gasteiger partial charge is 0.495 e. The number of nitrogens with one attached hydrogen (secondary N) is 1. The summed E-state index contributed by atoms with van der Waals surface area (Å²) in [5.74, 6) is 0.962. The number of hydrogen-bond donors (Lipinski definition) is 1. The lowest BCUT2D eigenvalue weighted by molar-refractivity contribution is -0.112. The van der Waals surface area contributed by atoms with Crippen molar-refractivity contribution in [3.05, 3.63) is 52.6 Å². The minimum Gasteiger partial charge on any atom is -0.495 e. The minimum atomic E-state index is -0.577. The van der Waals surface area contributed by atoms with Crippen molar-refractivity contribution in [1.29, 1.82) is 5.26 Å². The highest BCUT2D eigenvalue weighted by molar-refractivity contribution is 6.31. The molecule has 1 N–H and O–H groups in total. The van der Waals surface area contributed by atoms with Crippen LogP contribution >= 0.6 is 11.6 Å².